The van der Waals surface area contributed by atoms with Crippen molar-refractivity contribution in [3.8, 4) is 0 Å². The topological polar surface area (TPSA) is 46.2 Å². The van der Waals surface area contributed by atoms with Gasteiger partial charge in [0, 0.05) is 12.1 Å². The maximum Gasteiger partial charge on any atom is 0.260 e. The molecule has 1 N–H and O–H groups in total. The monoisotopic (exact) mass is 465 g/mol. The number of carbonyl (C=O) groups excluding carboxylic acids is 2. The Bertz CT molecular complexity index is 1200. The average Bonchev–Trinajstić information content (AvgIpc) is 2.89. The zero-order valence-electron chi connectivity index (χ0n) is 19.2. The van der Waals surface area contributed by atoms with Gasteiger partial charge in [-0.2, -0.15) is 0 Å². The van der Waals surface area contributed by atoms with Gasteiger partial charge in [0.1, 0.15) is 0 Å². The van der Waals surface area contributed by atoms with E-state index < -0.39 is 6.89 Å². The standard InChI is InChI=1S/C30H28NO2P/c1-2-15-28(32)29(30(33)31-24-16-7-3-8-17-24)34(25-18-9-4-10-19-25,26-20-11-5-12-21-26)27-22-13-6-14-23-27/h3-14,16-23H,2,15H2,1H3,(H,31,33). The molecular formula is C30H28NO2P. The van der Waals surface area contributed by atoms with Gasteiger partial charge in [0.25, 0.3) is 5.91 Å². The van der Waals surface area contributed by atoms with Gasteiger partial charge >= 0.3 is 0 Å². The van der Waals surface area contributed by atoms with Gasteiger partial charge in [-0.25, -0.2) is 0 Å². The second kappa shape index (κ2) is 11.0. The normalized spacial score (nSPS) is 11.0. The number of ketones is 1. The van der Waals surface area contributed by atoms with Crippen molar-refractivity contribution < 1.29 is 9.59 Å². The minimum atomic E-state index is -2.79. The zero-order chi connectivity index (χ0) is 23.8. The maximum absolute atomic E-state index is 14.1. The molecular weight excluding hydrogens is 437 g/mol. The molecule has 0 atom stereocenters. The lowest BCUT2D eigenvalue weighted by Gasteiger charge is -2.32. The van der Waals surface area contributed by atoms with E-state index in [4.69, 9.17) is 0 Å². The molecule has 34 heavy (non-hydrogen) atoms. The van der Waals surface area contributed by atoms with Gasteiger partial charge < -0.3 is 5.32 Å². The fourth-order valence-electron chi connectivity index (χ4n) is 4.31. The number of para-hydroxylation sites is 1. The zero-order valence-corrected chi connectivity index (χ0v) is 20.1. The molecule has 0 aliphatic heterocycles. The highest BCUT2D eigenvalue weighted by Crippen LogP contribution is 2.46. The Morgan fingerprint density at radius 2 is 1.00 bits per heavy atom. The van der Waals surface area contributed by atoms with E-state index in [1.807, 2.05) is 128 Å². The Morgan fingerprint density at radius 1 is 0.618 bits per heavy atom. The van der Waals surface area contributed by atoms with Crippen LogP contribution in [0, 0.1) is 0 Å². The second-order valence-electron chi connectivity index (χ2n) is 8.02. The van der Waals surface area contributed by atoms with E-state index in [1.54, 1.807) is 0 Å². The van der Waals surface area contributed by atoms with Crippen molar-refractivity contribution in [2.75, 3.05) is 5.32 Å². The van der Waals surface area contributed by atoms with Crippen molar-refractivity contribution in [2.45, 2.75) is 19.8 Å². The first-order chi connectivity index (χ1) is 16.7. The maximum atomic E-state index is 14.1. The number of rotatable bonds is 8. The Kier molecular flexibility index (Phi) is 7.57. The van der Waals surface area contributed by atoms with Crippen LogP contribution in [0.2, 0.25) is 0 Å². The molecule has 170 valence electrons. The Labute approximate surface area is 201 Å². The van der Waals surface area contributed by atoms with Crippen LogP contribution in [0.4, 0.5) is 5.69 Å². The van der Waals surface area contributed by atoms with Gasteiger partial charge in [-0.05, 0) is 41.4 Å². The fraction of sp³-hybridized carbons (Fsp3) is 0.100. The first-order valence-corrected chi connectivity index (χ1v) is 13.3. The number of nitrogens with one attached hydrogen (secondary N) is 1. The largest absolute Gasteiger partial charge is 0.322 e. The SMILES string of the molecule is CCCC(=O)C(C(=O)Nc1ccccc1)=P(c1ccccc1)(c1ccccc1)c1ccccc1. The molecule has 4 heteroatoms. The number of amides is 1. The van der Waals surface area contributed by atoms with Gasteiger partial charge in [0.15, 0.2) is 5.78 Å². The molecule has 0 aromatic heterocycles. The molecule has 0 radical (unpaired) electrons. The van der Waals surface area contributed by atoms with Crippen LogP contribution in [0.3, 0.4) is 0 Å². The van der Waals surface area contributed by atoms with E-state index >= 15 is 0 Å². The number of benzene rings is 4. The van der Waals surface area contributed by atoms with E-state index in [1.165, 1.54) is 0 Å². The number of carbonyl (C=O) groups is 2. The van der Waals surface area contributed by atoms with Crippen LogP contribution in [0.25, 0.3) is 0 Å². The third-order valence-electron chi connectivity index (χ3n) is 5.75. The minimum absolute atomic E-state index is 0.110. The number of Topliss-reactive ketones (excluding diaryl/α,β-unsaturated/α-hetero) is 1. The Morgan fingerprint density at radius 3 is 1.38 bits per heavy atom. The van der Waals surface area contributed by atoms with Crippen LogP contribution >= 0.6 is 6.89 Å². The van der Waals surface area contributed by atoms with Gasteiger partial charge in [-0.3, -0.25) is 9.59 Å². The van der Waals surface area contributed by atoms with Crippen molar-refractivity contribution in [2.24, 2.45) is 0 Å². The summed E-state index contributed by atoms with van der Waals surface area (Å²) in [6.45, 7) is -0.817. The molecule has 0 fully saturated rings. The summed E-state index contributed by atoms with van der Waals surface area (Å²) in [5.41, 5.74) is 0.668. The molecule has 4 aromatic rings. The predicted molar refractivity (Wildman–Crippen MR) is 145 cm³/mol. The van der Waals surface area contributed by atoms with Gasteiger partial charge in [0.05, 0.1) is 5.29 Å². The molecule has 0 spiro atoms. The fourth-order valence-corrected chi connectivity index (χ4v) is 8.69. The highest BCUT2D eigenvalue weighted by Gasteiger charge is 2.36. The number of hydrogen-bond acceptors (Lipinski definition) is 2. The van der Waals surface area contributed by atoms with Gasteiger partial charge in [-0.1, -0.05) is 116 Å². The van der Waals surface area contributed by atoms with E-state index in [0.717, 1.165) is 15.9 Å². The second-order valence-corrected chi connectivity index (χ2v) is 11.4. The summed E-state index contributed by atoms with van der Waals surface area (Å²) in [6.07, 6.45) is 0.977. The van der Waals surface area contributed by atoms with Crippen molar-refractivity contribution in [3.05, 3.63) is 121 Å². The van der Waals surface area contributed by atoms with E-state index in [2.05, 4.69) is 5.32 Å². The van der Waals surface area contributed by atoms with Crippen LogP contribution in [0.1, 0.15) is 19.8 Å². The van der Waals surface area contributed by atoms with Crippen molar-refractivity contribution >= 4 is 45.5 Å². The van der Waals surface area contributed by atoms with Gasteiger partial charge in [-0.15, -0.1) is 0 Å². The summed E-state index contributed by atoms with van der Waals surface area (Å²) in [7, 11) is 0. The number of hydrogen-bond donors (Lipinski definition) is 1. The third kappa shape index (κ3) is 4.66. The summed E-state index contributed by atoms with van der Waals surface area (Å²) in [6, 6.07) is 39.4. The molecule has 0 heterocycles. The molecule has 4 rings (SSSR count). The smallest absolute Gasteiger partial charge is 0.260 e. The molecule has 0 saturated heterocycles. The molecule has 0 aliphatic rings. The molecule has 0 saturated carbocycles. The van der Waals surface area contributed by atoms with Crippen LogP contribution in [-0.2, 0) is 9.59 Å². The van der Waals surface area contributed by atoms with Gasteiger partial charge in [0.2, 0.25) is 0 Å². The molecule has 1 amide bonds. The number of anilines is 1. The quantitative estimate of drug-likeness (QED) is 0.289. The Balaban J connectivity index is 2.16. The van der Waals surface area contributed by atoms with Crippen LogP contribution in [0.15, 0.2) is 121 Å². The van der Waals surface area contributed by atoms with Crippen LogP contribution in [-0.4, -0.2) is 17.0 Å². The summed E-state index contributed by atoms with van der Waals surface area (Å²) in [5.74, 6) is -0.449. The summed E-state index contributed by atoms with van der Waals surface area (Å²) in [5, 5.41) is 6.31. The lowest BCUT2D eigenvalue weighted by Crippen LogP contribution is -2.40. The third-order valence-corrected chi connectivity index (χ3v) is 10.1. The molecule has 0 bridgehead atoms. The lowest BCUT2D eigenvalue weighted by atomic mass is 10.1. The highest BCUT2D eigenvalue weighted by molar-refractivity contribution is 7.97. The predicted octanol–water partition coefficient (Wildman–Crippen LogP) is 5.16. The van der Waals surface area contributed by atoms with Crippen LogP contribution < -0.4 is 21.2 Å². The molecule has 4 aromatic carbocycles. The summed E-state index contributed by atoms with van der Waals surface area (Å²) >= 11 is 0. The highest BCUT2D eigenvalue weighted by atomic mass is 31.2. The van der Waals surface area contributed by atoms with E-state index in [-0.39, 0.29) is 11.7 Å². The molecule has 0 unspecified atom stereocenters. The lowest BCUT2D eigenvalue weighted by molar-refractivity contribution is -0.115. The average molecular weight is 466 g/mol. The van der Waals surface area contributed by atoms with Crippen LogP contribution in [0.5, 0.6) is 0 Å². The minimum Gasteiger partial charge on any atom is -0.322 e. The van der Waals surface area contributed by atoms with Crippen molar-refractivity contribution in [1.29, 1.82) is 0 Å². The van der Waals surface area contributed by atoms with Crippen molar-refractivity contribution in [1.82, 2.24) is 0 Å². The Hall–Kier alpha value is -3.68. The molecule has 0 aliphatic carbocycles. The van der Waals surface area contributed by atoms with Crippen molar-refractivity contribution in [3.63, 3.8) is 0 Å². The molecule has 3 nitrogen and oxygen atoms in total. The first-order valence-electron chi connectivity index (χ1n) is 11.5. The summed E-state index contributed by atoms with van der Waals surface area (Å²) < 4.78 is 0. The van der Waals surface area contributed by atoms with E-state index in [0.29, 0.717) is 23.8 Å². The van der Waals surface area contributed by atoms with E-state index in [9.17, 15) is 9.59 Å². The summed E-state index contributed by atoms with van der Waals surface area (Å²) in [4.78, 5) is 27.9. The first kappa shape index (κ1) is 23.5.